The van der Waals surface area contributed by atoms with Crippen LogP contribution in [0.5, 0.6) is 0 Å². The van der Waals surface area contributed by atoms with Crippen molar-refractivity contribution in [2.75, 3.05) is 0 Å². The van der Waals surface area contributed by atoms with Gasteiger partial charge in [-0.25, -0.2) is 0 Å². The van der Waals surface area contributed by atoms with Crippen molar-refractivity contribution in [3.8, 4) is 6.07 Å². The summed E-state index contributed by atoms with van der Waals surface area (Å²) in [6, 6.07) is 10.8. The summed E-state index contributed by atoms with van der Waals surface area (Å²) < 4.78 is 0. The van der Waals surface area contributed by atoms with Crippen molar-refractivity contribution in [3.05, 3.63) is 35.4 Å². The van der Waals surface area contributed by atoms with E-state index in [9.17, 15) is 0 Å². The fraction of sp³-hybridized carbons (Fsp3) is 0.462. The summed E-state index contributed by atoms with van der Waals surface area (Å²) >= 11 is 0. The van der Waals surface area contributed by atoms with Gasteiger partial charge < -0.3 is 0 Å². The van der Waals surface area contributed by atoms with Gasteiger partial charge in [-0.05, 0) is 23.0 Å². The molecule has 1 rings (SSSR count). The fourth-order valence-electron chi connectivity index (χ4n) is 1.46. The number of rotatable bonds is 3. The lowest BCUT2D eigenvalue weighted by Gasteiger charge is -2.10. The van der Waals surface area contributed by atoms with Crippen LogP contribution in [0.3, 0.4) is 0 Å². The van der Waals surface area contributed by atoms with Crippen LogP contribution >= 0.6 is 0 Å². The Kier molecular flexibility index (Phi) is 3.71. The Labute approximate surface area is 86.4 Å². The van der Waals surface area contributed by atoms with Crippen LogP contribution in [0.15, 0.2) is 24.3 Å². The predicted octanol–water partition coefficient (Wildman–Crippen LogP) is 3.83. The van der Waals surface area contributed by atoms with E-state index in [0.717, 1.165) is 0 Å². The van der Waals surface area contributed by atoms with Crippen LogP contribution in [0, 0.1) is 11.3 Å². The smallest absolute Gasteiger partial charge is 0.0628 e. The molecule has 0 saturated heterocycles. The molecule has 0 aromatic heterocycles. The Morgan fingerprint density at radius 3 is 2.00 bits per heavy atom. The summed E-state index contributed by atoms with van der Waals surface area (Å²) in [5, 5.41) is 8.59. The molecule has 1 atom stereocenters. The third kappa shape index (κ3) is 2.60. The molecule has 0 aliphatic carbocycles. The third-order valence-corrected chi connectivity index (χ3v) is 2.57. The second kappa shape index (κ2) is 4.81. The average Bonchev–Trinajstić information content (AvgIpc) is 2.18. The van der Waals surface area contributed by atoms with Crippen molar-refractivity contribution < 1.29 is 0 Å². The molecule has 0 heterocycles. The van der Waals surface area contributed by atoms with Crippen LogP contribution in [0.2, 0.25) is 0 Å². The first-order chi connectivity index (χ1) is 6.65. The van der Waals surface area contributed by atoms with E-state index in [4.69, 9.17) is 5.26 Å². The molecule has 1 heteroatoms. The van der Waals surface area contributed by atoms with Crippen molar-refractivity contribution in [2.45, 2.75) is 39.0 Å². The zero-order valence-electron chi connectivity index (χ0n) is 9.12. The molecular weight excluding hydrogens is 170 g/mol. The van der Waals surface area contributed by atoms with E-state index >= 15 is 0 Å². The van der Waals surface area contributed by atoms with Crippen LogP contribution < -0.4 is 0 Å². The van der Waals surface area contributed by atoms with Crippen LogP contribution in [0.25, 0.3) is 0 Å². The van der Waals surface area contributed by atoms with E-state index in [1.54, 1.807) is 0 Å². The molecule has 14 heavy (non-hydrogen) atoms. The molecule has 1 aromatic rings. The molecule has 0 aliphatic rings. The largest absolute Gasteiger partial charge is 0.198 e. The SMILES string of the molecule is CC(C)c1ccc(C(C)CC#N)cc1. The molecule has 1 aromatic carbocycles. The lowest BCUT2D eigenvalue weighted by Crippen LogP contribution is -1.93. The van der Waals surface area contributed by atoms with Crippen molar-refractivity contribution in [3.63, 3.8) is 0 Å². The minimum absolute atomic E-state index is 0.348. The molecule has 0 aliphatic heterocycles. The van der Waals surface area contributed by atoms with E-state index in [2.05, 4.69) is 51.1 Å². The Bertz CT molecular complexity index is 316. The normalized spacial score (nSPS) is 12.5. The van der Waals surface area contributed by atoms with E-state index in [1.807, 2.05) is 0 Å². The first-order valence-electron chi connectivity index (χ1n) is 5.12. The molecule has 0 bridgehead atoms. The quantitative estimate of drug-likeness (QED) is 0.705. The zero-order chi connectivity index (χ0) is 10.6. The summed E-state index contributed by atoms with van der Waals surface area (Å²) in [5.74, 6) is 0.927. The highest BCUT2D eigenvalue weighted by molar-refractivity contribution is 5.27. The summed E-state index contributed by atoms with van der Waals surface area (Å²) in [6.45, 7) is 6.47. The van der Waals surface area contributed by atoms with Gasteiger partial charge in [0.05, 0.1) is 6.07 Å². The maximum Gasteiger partial charge on any atom is 0.0628 e. The molecule has 0 fully saturated rings. The highest BCUT2D eigenvalue weighted by Crippen LogP contribution is 2.21. The molecule has 1 unspecified atom stereocenters. The topological polar surface area (TPSA) is 23.8 Å². The number of nitriles is 1. The zero-order valence-corrected chi connectivity index (χ0v) is 9.12. The summed E-state index contributed by atoms with van der Waals surface area (Å²) in [5.41, 5.74) is 2.62. The van der Waals surface area contributed by atoms with E-state index < -0.39 is 0 Å². The standard InChI is InChI=1S/C13H17N/c1-10(2)12-4-6-13(7-5-12)11(3)8-9-14/h4-7,10-11H,8H2,1-3H3. The first kappa shape index (κ1) is 10.8. The molecule has 0 N–H and O–H groups in total. The number of benzene rings is 1. The van der Waals surface area contributed by atoms with Gasteiger partial charge >= 0.3 is 0 Å². The number of hydrogen-bond acceptors (Lipinski definition) is 1. The van der Waals surface area contributed by atoms with Crippen molar-refractivity contribution >= 4 is 0 Å². The second-order valence-electron chi connectivity index (χ2n) is 4.08. The highest BCUT2D eigenvalue weighted by Gasteiger charge is 2.05. The lowest BCUT2D eigenvalue weighted by atomic mass is 9.95. The highest BCUT2D eigenvalue weighted by atomic mass is 14.2. The van der Waals surface area contributed by atoms with Gasteiger partial charge in [-0.1, -0.05) is 45.0 Å². The van der Waals surface area contributed by atoms with E-state index in [1.165, 1.54) is 11.1 Å². The number of hydrogen-bond donors (Lipinski definition) is 0. The van der Waals surface area contributed by atoms with E-state index in [-0.39, 0.29) is 0 Å². The first-order valence-corrected chi connectivity index (χ1v) is 5.12. The Hall–Kier alpha value is -1.29. The van der Waals surface area contributed by atoms with Gasteiger partial charge in [0.2, 0.25) is 0 Å². The Morgan fingerprint density at radius 1 is 1.07 bits per heavy atom. The monoisotopic (exact) mass is 187 g/mol. The van der Waals surface area contributed by atoms with Crippen LogP contribution in [-0.4, -0.2) is 0 Å². The van der Waals surface area contributed by atoms with Gasteiger partial charge in [-0.2, -0.15) is 5.26 Å². The van der Waals surface area contributed by atoms with Crippen molar-refractivity contribution in [2.24, 2.45) is 0 Å². The van der Waals surface area contributed by atoms with Crippen molar-refractivity contribution in [1.82, 2.24) is 0 Å². The summed E-state index contributed by atoms with van der Waals surface area (Å²) in [4.78, 5) is 0. The third-order valence-electron chi connectivity index (χ3n) is 2.57. The molecule has 0 radical (unpaired) electrons. The van der Waals surface area contributed by atoms with Crippen LogP contribution in [-0.2, 0) is 0 Å². The molecule has 0 saturated carbocycles. The fourth-order valence-corrected chi connectivity index (χ4v) is 1.46. The maximum absolute atomic E-state index is 8.59. The van der Waals surface area contributed by atoms with Gasteiger partial charge in [0.15, 0.2) is 0 Å². The van der Waals surface area contributed by atoms with Gasteiger partial charge in [0.1, 0.15) is 0 Å². The molecule has 1 nitrogen and oxygen atoms in total. The molecule has 0 spiro atoms. The van der Waals surface area contributed by atoms with Crippen LogP contribution in [0.4, 0.5) is 0 Å². The van der Waals surface area contributed by atoms with Gasteiger partial charge in [-0.3, -0.25) is 0 Å². The Balaban J connectivity index is 2.78. The minimum atomic E-state index is 0.348. The lowest BCUT2D eigenvalue weighted by molar-refractivity contribution is 0.785. The van der Waals surface area contributed by atoms with Gasteiger partial charge in [0, 0.05) is 6.42 Å². The average molecular weight is 187 g/mol. The summed E-state index contributed by atoms with van der Waals surface area (Å²) in [6.07, 6.45) is 0.598. The second-order valence-corrected chi connectivity index (χ2v) is 4.08. The predicted molar refractivity (Wildman–Crippen MR) is 59.2 cm³/mol. The minimum Gasteiger partial charge on any atom is -0.198 e. The van der Waals surface area contributed by atoms with Gasteiger partial charge in [-0.15, -0.1) is 0 Å². The maximum atomic E-state index is 8.59. The van der Waals surface area contributed by atoms with Gasteiger partial charge in [0.25, 0.3) is 0 Å². The van der Waals surface area contributed by atoms with Crippen LogP contribution in [0.1, 0.15) is 50.2 Å². The van der Waals surface area contributed by atoms with E-state index in [0.29, 0.717) is 18.3 Å². The number of nitrogens with zero attached hydrogens (tertiary/aromatic N) is 1. The molecule has 0 amide bonds. The summed E-state index contributed by atoms with van der Waals surface area (Å²) in [7, 11) is 0. The Morgan fingerprint density at radius 2 is 1.57 bits per heavy atom. The van der Waals surface area contributed by atoms with Crippen molar-refractivity contribution in [1.29, 1.82) is 5.26 Å². The molecule has 74 valence electrons. The molecular formula is C13H17N.